The van der Waals surface area contributed by atoms with E-state index in [1.807, 2.05) is 13.8 Å². The number of fused-ring (bicyclic) bond motifs is 2. The third kappa shape index (κ3) is 4.02. The number of esters is 1. The Balaban J connectivity index is 1.62. The molecule has 0 spiro atoms. The molecule has 30 heavy (non-hydrogen) atoms. The summed E-state index contributed by atoms with van der Waals surface area (Å²) in [6.07, 6.45) is 1.92. The van der Waals surface area contributed by atoms with E-state index in [4.69, 9.17) is 24.4 Å². The predicted octanol–water partition coefficient (Wildman–Crippen LogP) is 3.51. The number of carbonyl (C=O) groups is 1. The fourth-order valence-electron chi connectivity index (χ4n) is 3.38. The lowest BCUT2D eigenvalue weighted by Crippen LogP contribution is -2.35. The molecule has 7 nitrogen and oxygen atoms in total. The van der Waals surface area contributed by atoms with Crippen LogP contribution in [0.3, 0.4) is 0 Å². The summed E-state index contributed by atoms with van der Waals surface area (Å²) < 4.78 is 22.1. The molecule has 0 amide bonds. The molecule has 0 bridgehead atoms. The first-order valence-corrected chi connectivity index (χ1v) is 9.85. The minimum atomic E-state index is -0.703. The molecule has 1 atom stereocenters. The molecule has 1 aliphatic heterocycles. The second-order valence-corrected chi connectivity index (χ2v) is 7.65. The molecule has 4 rings (SSSR count). The first-order chi connectivity index (χ1) is 14.4. The summed E-state index contributed by atoms with van der Waals surface area (Å²) in [5, 5.41) is 0.383. The average Bonchev–Trinajstić information content (AvgIpc) is 2.73. The van der Waals surface area contributed by atoms with Crippen LogP contribution in [0.5, 0.6) is 17.2 Å². The van der Waals surface area contributed by atoms with Crippen LogP contribution >= 0.6 is 0 Å². The van der Waals surface area contributed by atoms with Crippen molar-refractivity contribution in [1.29, 1.82) is 0 Å². The van der Waals surface area contributed by atoms with E-state index >= 15 is 0 Å². The monoisotopic (exact) mass is 409 g/mol. The summed E-state index contributed by atoms with van der Waals surface area (Å²) in [4.78, 5) is 25.1. The minimum absolute atomic E-state index is 0.192. The molecular formula is C23H23NO6. The van der Waals surface area contributed by atoms with Gasteiger partial charge < -0.3 is 24.4 Å². The Morgan fingerprint density at radius 1 is 1.10 bits per heavy atom. The maximum absolute atomic E-state index is 13.0. The van der Waals surface area contributed by atoms with Gasteiger partial charge in [0.1, 0.15) is 36.9 Å². The van der Waals surface area contributed by atoms with Crippen LogP contribution in [0.4, 0.5) is 0 Å². The maximum atomic E-state index is 13.0. The standard InChI is InChI=1S/C23H23NO6/c1-13(2)9-18(24)23(26)30-15-4-5-16-20(11-15)29-12-17(22(16)25)14-3-6-19-21(10-14)28-8-7-27-19/h3-6,10-13,18H,7-9,24H2,1-2H3/t18-/m1/s1. The molecule has 0 fully saturated rings. The smallest absolute Gasteiger partial charge is 0.328 e. The number of carbonyl (C=O) groups excluding carboxylic acids is 1. The highest BCUT2D eigenvalue weighted by Gasteiger charge is 2.19. The molecule has 0 saturated heterocycles. The van der Waals surface area contributed by atoms with Crippen LogP contribution in [-0.4, -0.2) is 25.2 Å². The first kappa shape index (κ1) is 20.0. The van der Waals surface area contributed by atoms with Gasteiger partial charge in [-0.15, -0.1) is 0 Å². The Bertz CT molecular complexity index is 1150. The van der Waals surface area contributed by atoms with Crippen molar-refractivity contribution in [3.05, 3.63) is 52.9 Å². The van der Waals surface area contributed by atoms with Crippen molar-refractivity contribution in [3.63, 3.8) is 0 Å². The van der Waals surface area contributed by atoms with Gasteiger partial charge in [0.25, 0.3) is 0 Å². The molecule has 0 aliphatic carbocycles. The lowest BCUT2D eigenvalue weighted by molar-refractivity contribution is -0.136. The molecule has 1 aromatic heterocycles. The zero-order valence-corrected chi connectivity index (χ0v) is 16.8. The van der Waals surface area contributed by atoms with E-state index in [9.17, 15) is 9.59 Å². The summed E-state index contributed by atoms with van der Waals surface area (Å²) >= 11 is 0. The molecule has 0 saturated carbocycles. The van der Waals surface area contributed by atoms with Crippen LogP contribution in [0.15, 0.2) is 51.9 Å². The van der Waals surface area contributed by atoms with Crippen LogP contribution in [0.1, 0.15) is 20.3 Å². The second kappa shape index (κ2) is 8.20. The zero-order valence-electron chi connectivity index (χ0n) is 16.8. The van der Waals surface area contributed by atoms with Crippen LogP contribution in [0.2, 0.25) is 0 Å². The van der Waals surface area contributed by atoms with Crippen LogP contribution in [-0.2, 0) is 4.79 Å². The van der Waals surface area contributed by atoms with Gasteiger partial charge in [-0.2, -0.15) is 0 Å². The molecule has 3 aromatic rings. The van der Waals surface area contributed by atoms with Gasteiger partial charge in [-0.05, 0) is 42.2 Å². The molecule has 156 valence electrons. The van der Waals surface area contributed by atoms with E-state index in [0.29, 0.717) is 53.2 Å². The van der Waals surface area contributed by atoms with Gasteiger partial charge in [0, 0.05) is 6.07 Å². The number of rotatable bonds is 5. The summed E-state index contributed by atoms with van der Waals surface area (Å²) in [5.74, 6) is 1.29. The third-order valence-corrected chi connectivity index (χ3v) is 4.85. The first-order valence-electron chi connectivity index (χ1n) is 9.85. The maximum Gasteiger partial charge on any atom is 0.328 e. The quantitative estimate of drug-likeness (QED) is 0.508. The molecule has 2 heterocycles. The van der Waals surface area contributed by atoms with Gasteiger partial charge in [-0.3, -0.25) is 4.79 Å². The van der Waals surface area contributed by atoms with Gasteiger partial charge in [-0.25, -0.2) is 4.79 Å². The van der Waals surface area contributed by atoms with Crippen molar-refractivity contribution >= 4 is 16.9 Å². The number of hydrogen-bond donors (Lipinski definition) is 1. The van der Waals surface area contributed by atoms with Gasteiger partial charge >= 0.3 is 5.97 Å². The highest BCUT2D eigenvalue weighted by Crippen LogP contribution is 2.34. The van der Waals surface area contributed by atoms with Gasteiger partial charge in [0.15, 0.2) is 16.9 Å². The van der Waals surface area contributed by atoms with Crippen molar-refractivity contribution in [2.24, 2.45) is 11.7 Å². The summed E-state index contributed by atoms with van der Waals surface area (Å²) in [7, 11) is 0. The molecule has 1 aliphatic rings. The molecule has 0 unspecified atom stereocenters. The second-order valence-electron chi connectivity index (χ2n) is 7.65. The Labute approximate surface area is 173 Å². The van der Waals surface area contributed by atoms with E-state index in [1.165, 1.54) is 12.3 Å². The summed E-state index contributed by atoms with van der Waals surface area (Å²) in [6.45, 7) is 4.93. The molecular weight excluding hydrogens is 386 g/mol. The van der Waals surface area contributed by atoms with Crippen LogP contribution in [0.25, 0.3) is 22.1 Å². The predicted molar refractivity (Wildman–Crippen MR) is 112 cm³/mol. The van der Waals surface area contributed by atoms with Gasteiger partial charge in [0.2, 0.25) is 0 Å². The minimum Gasteiger partial charge on any atom is -0.486 e. The largest absolute Gasteiger partial charge is 0.486 e. The van der Waals surface area contributed by atoms with Crippen molar-refractivity contribution < 1.29 is 23.4 Å². The molecule has 2 aromatic carbocycles. The van der Waals surface area contributed by atoms with E-state index < -0.39 is 12.0 Å². The number of hydrogen-bond acceptors (Lipinski definition) is 7. The Hall–Kier alpha value is -3.32. The Morgan fingerprint density at radius 3 is 2.63 bits per heavy atom. The number of benzene rings is 2. The summed E-state index contributed by atoms with van der Waals surface area (Å²) in [6, 6.07) is 9.29. The fraction of sp³-hybridized carbons (Fsp3) is 0.304. The van der Waals surface area contributed by atoms with Crippen molar-refractivity contribution in [2.75, 3.05) is 13.2 Å². The topological polar surface area (TPSA) is 101 Å². The average molecular weight is 409 g/mol. The molecule has 0 radical (unpaired) electrons. The highest BCUT2D eigenvalue weighted by atomic mass is 16.6. The Morgan fingerprint density at radius 2 is 1.87 bits per heavy atom. The van der Waals surface area contributed by atoms with E-state index in [0.717, 1.165) is 0 Å². The third-order valence-electron chi connectivity index (χ3n) is 4.85. The van der Waals surface area contributed by atoms with Crippen LogP contribution < -0.4 is 25.4 Å². The van der Waals surface area contributed by atoms with Crippen molar-refractivity contribution in [2.45, 2.75) is 26.3 Å². The lowest BCUT2D eigenvalue weighted by atomic mass is 10.0. The fourth-order valence-corrected chi connectivity index (χ4v) is 3.38. The van der Waals surface area contributed by atoms with E-state index in [-0.39, 0.29) is 17.1 Å². The lowest BCUT2D eigenvalue weighted by Gasteiger charge is -2.18. The SMILES string of the molecule is CC(C)C[C@@H](N)C(=O)Oc1ccc2c(=O)c(-c3ccc4c(c3)OCCO4)coc2c1. The summed E-state index contributed by atoms with van der Waals surface area (Å²) in [5.41, 5.74) is 7.08. The van der Waals surface area contributed by atoms with E-state index in [1.54, 1.807) is 30.3 Å². The molecule has 2 N–H and O–H groups in total. The Kier molecular flexibility index (Phi) is 5.46. The number of ether oxygens (including phenoxy) is 3. The number of nitrogens with two attached hydrogens (primary N) is 1. The molecule has 7 heteroatoms. The zero-order chi connectivity index (χ0) is 21.3. The highest BCUT2D eigenvalue weighted by molar-refractivity contribution is 5.84. The van der Waals surface area contributed by atoms with Gasteiger partial charge in [-0.1, -0.05) is 19.9 Å². The normalized spacial score (nSPS) is 14.0. The van der Waals surface area contributed by atoms with Crippen LogP contribution in [0, 0.1) is 5.92 Å². The van der Waals surface area contributed by atoms with Crippen molar-refractivity contribution in [3.8, 4) is 28.4 Å². The van der Waals surface area contributed by atoms with E-state index in [2.05, 4.69) is 0 Å². The van der Waals surface area contributed by atoms with Gasteiger partial charge in [0.05, 0.1) is 10.9 Å². The van der Waals surface area contributed by atoms with Crippen molar-refractivity contribution in [1.82, 2.24) is 0 Å².